The highest BCUT2D eigenvalue weighted by molar-refractivity contribution is 6.11. The van der Waals surface area contributed by atoms with E-state index in [1.807, 2.05) is 19.1 Å². The van der Waals surface area contributed by atoms with Gasteiger partial charge in [0.15, 0.2) is 17.4 Å². The number of carbonyl (C=O) groups is 3. The van der Waals surface area contributed by atoms with Gasteiger partial charge < -0.3 is 5.32 Å². The first-order valence-electron chi connectivity index (χ1n) is 7.92. The molecule has 2 aromatic rings. The van der Waals surface area contributed by atoms with E-state index in [-0.39, 0.29) is 5.56 Å². The lowest BCUT2D eigenvalue weighted by molar-refractivity contribution is -0.130. The number of carbonyl (C=O) groups excluding carboxylic acids is 3. The smallest absolute Gasteiger partial charge is 0.319 e. The molecule has 3 amide bonds. The van der Waals surface area contributed by atoms with Crippen LogP contribution in [-0.4, -0.2) is 29.2 Å². The Morgan fingerprint density at radius 2 is 1.73 bits per heavy atom. The number of Topliss-reactive ketones (excluding diaryl/α,β-unsaturated/α-hetero) is 1. The fourth-order valence-electron chi connectivity index (χ4n) is 2.83. The number of hydrogen-bond donors (Lipinski definition) is 1. The molecule has 1 aliphatic heterocycles. The number of nitrogens with zero attached hydrogens (tertiary/aromatic N) is 1. The highest BCUT2D eigenvalue weighted by Crippen LogP contribution is 2.29. The fourth-order valence-corrected chi connectivity index (χ4v) is 2.83. The Bertz CT molecular complexity index is 912. The molecule has 2 aromatic carbocycles. The zero-order valence-corrected chi connectivity index (χ0v) is 14.2. The number of urea groups is 1. The SMILES string of the molecule is Cc1ccc([C@]2(C)NC(=O)N(CC(=O)c3ccc(F)c(F)c3)C2=O)cc1. The van der Waals surface area contributed by atoms with Crippen molar-refractivity contribution in [3.8, 4) is 0 Å². The quantitative estimate of drug-likeness (QED) is 0.675. The van der Waals surface area contributed by atoms with Crippen LogP contribution in [-0.2, 0) is 10.3 Å². The molecule has 1 atom stereocenters. The van der Waals surface area contributed by atoms with Crippen molar-refractivity contribution in [2.24, 2.45) is 0 Å². The summed E-state index contributed by atoms with van der Waals surface area (Å²) in [4.78, 5) is 38.1. The second-order valence-electron chi connectivity index (χ2n) is 6.36. The first-order chi connectivity index (χ1) is 12.2. The number of rotatable bonds is 4. The Morgan fingerprint density at radius 1 is 1.08 bits per heavy atom. The summed E-state index contributed by atoms with van der Waals surface area (Å²) in [7, 11) is 0. The van der Waals surface area contributed by atoms with Gasteiger partial charge in [0.05, 0.1) is 6.54 Å². The topological polar surface area (TPSA) is 66.5 Å². The monoisotopic (exact) mass is 358 g/mol. The minimum absolute atomic E-state index is 0.117. The molecule has 5 nitrogen and oxygen atoms in total. The second-order valence-corrected chi connectivity index (χ2v) is 6.36. The van der Waals surface area contributed by atoms with Crippen LogP contribution in [0.15, 0.2) is 42.5 Å². The molecule has 3 rings (SSSR count). The highest BCUT2D eigenvalue weighted by atomic mass is 19.2. The Kier molecular flexibility index (Phi) is 4.31. The lowest BCUT2D eigenvalue weighted by Crippen LogP contribution is -2.41. The van der Waals surface area contributed by atoms with Crippen LogP contribution in [0.5, 0.6) is 0 Å². The molecule has 0 saturated carbocycles. The normalized spacial score (nSPS) is 19.6. The van der Waals surface area contributed by atoms with E-state index in [4.69, 9.17) is 0 Å². The second kappa shape index (κ2) is 6.33. The summed E-state index contributed by atoms with van der Waals surface area (Å²) >= 11 is 0. The minimum Gasteiger partial charge on any atom is -0.319 e. The molecule has 1 N–H and O–H groups in total. The third-order valence-electron chi connectivity index (χ3n) is 4.45. The van der Waals surface area contributed by atoms with E-state index in [9.17, 15) is 23.2 Å². The largest absolute Gasteiger partial charge is 0.325 e. The third kappa shape index (κ3) is 2.96. The Labute approximate surface area is 148 Å². The summed E-state index contributed by atoms with van der Waals surface area (Å²) in [6.07, 6.45) is 0. The van der Waals surface area contributed by atoms with Crippen molar-refractivity contribution in [3.63, 3.8) is 0 Å². The number of imide groups is 1. The summed E-state index contributed by atoms with van der Waals surface area (Å²) in [5, 5.41) is 2.59. The maximum Gasteiger partial charge on any atom is 0.325 e. The standard InChI is InChI=1S/C19H16F2N2O3/c1-11-3-6-13(7-4-11)19(2)17(25)23(18(26)22-19)10-16(24)12-5-8-14(20)15(21)9-12/h3-9H,10H2,1-2H3,(H,22,26)/t19-/m0/s1. The number of ketones is 1. The van der Waals surface area contributed by atoms with Gasteiger partial charge in [0.1, 0.15) is 5.54 Å². The van der Waals surface area contributed by atoms with E-state index in [1.165, 1.54) is 0 Å². The number of aryl methyl sites for hydroxylation is 1. The van der Waals surface area contributed by atoms with Crippen molar-refractivity contribution >= 4 is 17.7 Å². The molecular weight excluding hydrogens is 342 g/mol. The van der Waals surface area contributed by atoms with Crippen LogP contribution in [0.2, 0.25) is 0 Å². The number of nitrogens with one attached hydrogen (secondary N) is 1. The van der Waals surface area contributed by atoms with E-state index in [1.54, 1.807) is 19.1 Å². The van der Waals surface area contributed by atoms with Gasteiger partial charge >= 0.3 is 6.03 Å². The van der Waals surface area contributed by atoms with Crippen LogP contribution < -0.4 is 5.32 Å². The number of hydrogen-bond acceptors (Lipinski definition) is 3. The summed E-state index contributed by atoms with van der Waals surface area (Å²) in [5.41, 5.74) is 0.177. The number of halogens is 2. The van der Waals surface area contributed by atoms with E-state index in [0.717, 1.165) is 28.7 Å². The van der Waals surface area contributed by atoms with Gasteiger partial charge in [-0.15, -0.1) is 0 Å². The van der Waals surface area contributed by atoms with E-state index in [2.05, 4.69) is 5.32 Å². The van der Waals surface area contributed by atoms with Crippen LogP contribution in [0.25, 0.3) is 0 Å². The van der Waals surface area contributed by atoms with Gasteiger partial charge in [-0.3, -0.25) is 14.5 Å². The van der Waals surface area contributed by atoms with Gasteiger partial charge in [0.2, 0.25) is 0 Å². The Hall–Kier alpha value is -3.09. The average Bonchev–Trinajstić information content (AvgIpc) is 2.82. The zero-order valence-electron chi connectivity index (χ0n) is 14.2. The molecule has 1 heterocycles. The van der Waals surface area contributed by atoms with E-state index in [0.29, 0.717) is 5.56 Å². The molecule has 0 aromatic heterocycles. The van der Waals surface area contributed by atoms with Crippen LogP contribution in [0.4, 0.5) is 13.6 Å². The van der Waals surface area contributed by atoms with Crippen LogP contribution >= 0.6 is 0 Å². The Balaban J connectivity index is 1.84. The molecule has 0 radical (unpaired) electrons. The van der Waals surface area contributed by atoms with Crippen molar-refractivity contribution < 1.29 is 23.2 Å². The summed E-state index contributed by atoms with van der Waals surface area (Å²) in [5.74, 6) is -3.50. The van der Waals surface area contributed by atoms with E-state index >= 15 is 0 Å². The van der Waals surface area contributed by atoms with Crippen LogP contribution in [0.1, 0.15) is 28.4 Å². The molecule has 1 aliphatic rings. The summed E-state index contributed by atoms with van der Waals surface area (Å²) in [6.45, 7) is 2.89. The first kappa shape index (κ1) is 17.7. The van der Waals surface area contributed by atoms with Crippen molar-refractivity contribution in [1.82, 2.24) is 10.2 Å². The van der Waals surface area contributed by atoms with Crippen molar-refractivity contribution in [1.29, 1.82) is 0 Å². The predicted octanol–water partition coefficient (Wildman–Crippen LogP) is 2.92. The number of amides is 3. The molecule has 26 heavy (non-hydrogen) atoms. The molecule has 0 aliphatic carbocycles. The number of benzene rings is 2. The van der Waals surface area contributed by atoms with Crippen molar-refractivity contribution in [2.75, 3.05) is 6.54 Å². The summed E-state index contributed by atoms with van der Waals surface area (Å²) in [6, 6.07) is 9.06. The lowest BCUT2D eigenvalue weighted by atomic mass is 9.91. The van der Waals surface area contributed by atoms with Gasteiger partial charge in [-0.2, -0.15) is 0 Å². The molecule has 1 saturated heterocycles. The zero-order chi connectivity index (χ0) is 19.1. The molecular formula is C19H16F2N2O3. The lowest BCUT2D eigenvalue weighted by Gasteiger charge is -2.22. The fraction of sp³-hybridized carbons (Fsp3) is 0.211. The maximum absolute atomic E-state index is 13.3. The molecule has 0 spiro atoms. The Morgan fingerprint density at radius 3 is 2.35 bits per heavy atom. The maximum atomic E-state index is 13.3. The van der Waals surface area contributed by atoms with Crippen molar-refractivity contribution in [2.45, 2.75) is 19.4 Å². The molecule has 0 unspecified atom stereocenters. The molecule has 7 heteroatoms. The van der Waals surface area contributed by atoms with Crippen LogP contribution in [0.3, 0.4) is 0 Å². The molecule has 1 fully saturated rings. The first-order valence-corrected chi connectivity index (χ1v) is 7.92. The van der Waals surface area contributed by atoms with Gasteiger partial charge in [-0.25, -0.2) is 13.6 Å². The van der Waals surface area contributed by atoms with Crippen molar-refractivity contribution in [3.05, 3.63) is 70.8 Å². The van der Waals surface area contributed by atoms with Gasteiger partial charge in [-0.05, 0) is 37.6 Å². The van der Waals surface area contributed by atoms with Crippen LogP contribution in [0, 0.1) is 18.6 Å². The van der Waals surface area contributed by atoms with Gasteiger partial charge in [0, 0.05) is 5.56 Å². The highest BCUT2D eigenvalue weighted by Gasteiger charge is 2.49. The van der Waals surface area contributed by atoms with Gasteiger partial charge in [-0.1, -0.05) is 29.8 Å². The minimum atomic E-state index is -1.29. The molecule has 0 bridgehead atoms. The molecule has 134 valence electrons. The predicted molar refractivity (Wildman–Crippen MR) is 89.5 cm³/mol. The van der Waals surface area contributed by atoms with E-state index < -0.39 is 41.4 Å². The third-order valence-corrected chi connectivity index (χ3v) is 4.45. The summed E-state index contributed by atoms with van der Waals surface area (Å²) < 4.78 is 26.3. The van der Waals surface area contributed by atoms with Gasteiger partial charge in [0.25, 0.3) is 5.91 Å². The average molecular weight is 358 g/mol.